The molecule has 2 rings (SSSR count). The van der Waals surface area contributed by atoms with Crippen LogP contribution in [0.15, 0.2) is 12.3 Å². The van der Waals surface area contributed by atoms with Crippen molar-refractivity contribution in [3.8, 4) is 0 Å². The van der Waals surface area contributed by atoms with E-state index in [0.29, 0.717) is 25.3 Å². The summed E-state index contributed by atoms with van der Waals surface area (Å²) in [4.78, 5) is 4.11. The third-order valence-electron chi connectivity index (χ3n) is 3.70. The second kappa shape index (κ2) is 5.24. The van der Waals surface area contributed by atoms with Gasteiger partial charge in [0.05, 0.1) is 18.3 Å². The molecule has 0 radical (unpaired) electrons. The highest BCUT2D eigenvalue weighted by atomic mass is 16.5. The normalized spacial score (nSPS) is 28.3. The third kappa shape index (κ3) is 2.49. The van der Waals surface area contributed by atoms with Crippen LogP contribution in [0.5, 0.6) is 0 Å². The summed E-state index contributed by atoms with van der Waals surface area (Å²) in [6, 6.07) is 1.90. The van der Waals surface area contributed by atoms with Crippen LogP contribution in [0, 0.1) is 6.92 Å². The summed E-state index contributed by atoms with van der Waals surface area (Å²) in [7, 11) is 0. The number of anilines is 1. The zero-order valence-electron chi connectivity index (χ0n) is 11.1. The number of nitrogen functional groups attached to an aromatic ring is 1. The SMILES string of the molecule is CCCC1CC(O)(c2c(C)ccnc2N)CCO1. The molecule has 0 aliphatic carbocycles. The number of nitrogens with two attached hydrogens (primary N) is 1. The monoisotopic (exact) mass is 250 g/mol. The smallest absolute Gasteiger partial charge is 0.129 e. The maximum Gasteiger partial charge on any atom is 0.129 e. The molecule has 2 unspecified atom stereocenters. The summed E-state index contributed by atoms with van der Waals surface area (Å²) in [6.07, 6.45) is 5.03. The first-order valence-electron chi connectivity index (χ1n) is 6.62. The highest BCUT2D eigenvalue weighted by Gasteiger charge is 2.38. The summed E-state index contributed by atoms with van der Waals surface area (Å²) in [5.74, 6) is 0.439. The first-order chi connectivity index (χ1) is 8.57. The lowest BCUT2D eigenvalue weighted by Crippen LogP contribution is -2.39. The highest BCUT2D eigenvalue weighted by molar-refractivity contribution is 5.48. The molecule has 18 heavy (non-hydrogen) atoms. The van der Waals surface area contributed by atoms with Gasteiger partial charge in [-0.25, -0.2) is 4.98 Å². The molecule has 0 bridgehead atoms. The molecule has 0 saturated carbocycles. The molecule has 100 valence electrons. The fraction of sp³-hybridized carbons (Fsp3) is 0.643. The van der Waals surface area contributed by atoms with Crippen LogP contribution in [0.3, 0.4) is 0 Å². The van der Waals surface area contributed by atoms with Gasteiger partial charge in [0.2, 0.25) is 0 Å². The second-order valence-electron chi connectivity index (χ2n) is 5.16. The minimum Gasteiger partial charge on any atom is -0.385 e. The Hall–Kier alpha value is -1.13. The number of aliphatic hydroxyl groups is 1. The quantitative estimate of drug-likeness (QED) is 0.862. The van der Waals surface area contributed by atoms with E-state index in [4.69, 9.17) is 10.5 Å². The van der Waals surface area contributed by atoms with E-state index < -0.39 is 5.60 Å². The van der Waals surface area contributed by atoms with Crippen molar-refractivity contribution in [1.29, 1.82) is 0 Å². The minimum absolute atomic E-state index is 0.118. The number of hydrogen-bond donors (Lipinski definition) is 2. The highest BCUT2D eigenvalue weighted by Crippen LogP contribution is 2.39. The van der Waals surface area contributed by atoms with Crippen LogP contribution < -0.4 is 5.73 Å². The molecule has 4 heteroatoms. The molecular weight excluding hydrogens is 228 g/mol. The molecule has 3 N–H and O–H groups in total. The maximum atomic E-state index is 10.9. The van der Waals surface area contributed by atoms with E-state index in [1.165, 1.54) is 0 Å². The summed E-state index contributed by atoms with van der Waals surface area (Å²) >= 11 is 0. The zero-order valence-corrected chi connectivity index (χ0v) is 11.1. The minimum atomic E-state index is -0.888. The lowest BCUT2D eigenvalue weighted by atomic mass is 9.81. The predicted molar refractivity (Wildman–Crippen MR) is 71.2 cm³/mol. The van der Waals surface area contributed by atoms with Crippen molar-refractivity contribution in [2.75, 3.05) is 12.3 Å². The van der Waals surface area contributed by atoms with Crippen molar-refractivity contribution in [3.05, 3.63) is 23.4 Å². The van der Waals surface area contributed by atoms with E-state index in [2.05, 4.69) is 11.9 Å². The van der Waals surface area contributed by atoms with E-state index in [-0.39, 0.29) is 6.10 Å². The predicted octanol–water partition coefficient (Wildman–Crippen LogP) is 2.14. The Morgan fingerprint density at radius 2 is 2.39 bits per heavy atom. The second-order valence-corrected chi connectivity index (χ2v) is 5.16. The fourth-order valence-electron chi connectivity index (χ4n) is 2.85. The molecule has 1 fully saturated rings. The van der Waals surface area contributed by atoms with Gasteiger partial charge < -0.3 is 15.6 Å². The van der Waals surface area contributed by atoms with Crippen LogP contribution in [0.2, 0.25) is 0 Å². The Balaban J connectivity index is 2.30. The van der Waals surface area contributed by atoms with E-state index in [1.54, 1.807) is 6.20 Å². The van der Waals surface area contributed by atoms with Gasteiger partial charge in [-0.15, -0.1) is 0 Å². The lowest BCUT2D eigenvalue weighted by molar-refractivity contribution is -0.110. The third-order valence-corrected chi connectivity index (χ3v) is 3.70. The standard InChI is InChI=1S/C14H22N2O2/c1-3-4-11-9-14(17,6-8-18-11)12-10(2)5-7-16-13(12)15/h5,7,11,17H,3-4,6,8-9H2,1-2H3,(H2,15,16). The Morgan fingerprint density at radius 3 is 3.06 bits per heavy atom. The first-order valence-corrected chi connectivity index (χ1v) is 6.62. The number of ether oxygens (including phenoxy) is 1. The van der Waals surface area contributed by atoms with Gasteiger partial charge in [-0.05, 0) is 25.0 Å². The Morgan fingerprint density at radius 1 is 1.61 bits per heavy atom. The van der Waals surface area contributed by atoms with E-state index >= 15 is 0 Å². The molecule has 2 atom stereocenters. The molecule has 1 aliphatic rings. The van der Waals surface area contributed by atoms with Gasteiger partial charge in [0.15, 0.2) is 0 Å². The van der Waals surface area contributed by atoms with Crippen molar-refractivity contribution in [2.45, 2.75) is 51.2 Å². The fourth-order valence-corrected chi connectivity index (χ4v) is 2.85. The van der Waals surface area contributed by atoms with Gasteiger partial charge in [0, 0.05) is 24.6 Å². The molecule has 0 spiro atoms. The van der Waals surface area contributed by atoms with Crippen LogP contribution in [0.25, 0.3) is 0 Å². The number of pyridine rings is 1. The van der Waals surface area contributed by atoms with Crippen molar-refractivity contribution in [3.63, 3.8) is 0 Å². The molecule has 1 saturated heterocycles. The number of aromatic nitrogens is 1. The van der Waals surface area contributed by atoms with Crippen molar-refractivity contribution >= 4 is 5.82 Å². The van der Waals surface area contributed by atoms with Crippen molar-refractivity contribution < 1.29 is 9.84 Å². The molecule has 0 amide bonds. The molecule has 1 aromatic heterocycles. The van der Waals surface area contributed by atoms with Crippen molar-refractivity contribution in [2.24, 2.45) is 0 Å². The average molecular weight is 250 g/mol. The Labute approximate surface area is 108 Å². The van der Waals surface area contributed by atoms with Crippen LogP contribution >= 0.6 is 0 Å². The summed E-state index contributed by atoms with van der Waals surface area (Å²) < 4.78 is 5.69. The van der Waals surface area contributed by atoms with E-state index in [9.17, 15) is 5.11 Å². The van der Waals surface area contributed by atoms with Gasteiger partial charge in [-0.3, -0.25) is 0 Å². The van der Waals surface area contributed by atoms with Crippen molar-refractivity contribution in [1.82, 2.24) is 4.98 Å². The number of hydrogen-bond acceptors (Lipinski definition) is 4. The molecule has 4 nitrogen and oxygen atoms in total. The van der Waals surface area contributed by atoms with Crippen LogP contribution in [0.4, 0.5) is 5.82 Å². The Bertz CT molecular complexity index is 400. The van der Waals surface area contributed by atoms with Gasteiger partial charge in [0.25, 0.3) is 0 Å². The summed E-state index contributed by atoms with van der Waals surface area (Å²) in [5, 5.41) is 10.9. The maximum absolute atomic E-state index is 10.9. The molecular formula is C14H22N2O2. The van der Waals surface area contributed by atoms with Crippen LogP contribution in [0.1, 0.15) is 43.7 Å². The number of nitrogens with zero attached hydrogens (tertiary/aromatic N) is 1. The number of aryl methyl sites for hydroxylation is 1. The van der Waals surface area contributed by atoms with Gasteiger partial charge >= 0.3 is 0 Å². The van der Waals surface area contributed by atoms with Crippen LogP contribution in [-0.4, -0.2) is 22.8 Å². The summed E-state index contributed by atoms with van der Waals surface area (Å²) in [5.41, 5.74) is 6.85. The van der Waals surface area contributed by atoms with Gasteiger partial charge in [-0.2, -0.15) is 0 Å². The lowest BCUT2D eigenvalue weighted by Gasteiger charge is -2.38. The Kier molecular flexibility index (Phi) is 3.88. The first kappa shape index (κ1) is 13.3. The zero-order chi connectivity index (χ0) is 13.2. The topological polar surface area (TPSA) is 68.4 Å². The molecule has 0 aromatic carbocycles. The largest absolute Gasteiger partial charge is 0.385 e. The summed E-state index contributed by atoms with van der Waals surface area (Å²) in [6.45, 7) is 4.67. The molecule has 1 aliphatic heterocycles. The van der Waals surface area contributed by atoms with Gasteiger partial charge in [0.1, 0.15) is 5.82 Å². The number of rotatable bonds is 3. The van der Waals surface area contributed by atoms with E-state index in [0.717, 1.165) is 24.0 Å². The molecule has 1 aromatic rings. The van der Waals surface area contributed by atoms with E-state index in [1.807, 2.05) is 13.0 Å². The van der Waals surface area contributed by atoms with Gasteiger partial charge in [-0.1, -0.05) is 13.3 Å². The molecule has 2 heterocycles. The average Bonchev–Trinajstić information content (AvgIpc) is 2.28. The van der Waals surface area contributed by atoms with Crippen LogP contribution in [-0.2, 0) is 10.3 Å².